The third kappa shape index (κ3) is 4.83. The van der Waals surface area contributed by atoms with Gasteiger partial charge in [0.2, 0.25) is 17.5 Å². The average Bonchev–Trinajstić information content (AvgIpc) is 2.85. The van der Waals surface area contributed by atoms with E-state index in [1.54, 1.807) is 0 Å². The molecular weight excluding hydrogens is 500 g/mol. The molecule has 1 saturated heterocycles. The molecule has 37 heavy (non-hydrogen) atoms. The molecular formula is C23H22O14. The summed E-state index contributed by atoms with van der Waals surface area (Å²) >= 11 is 0. The highest BCUT2D eigenvalue weighted by atomic mass is 16.7. The number of benzene rings is 2. The lowest BCUT2D eigenvalue weighted by molar-refractivity contribution is -0.271. The Balaban J connectivity index is 1.73. The van der Waals surface area contributed by atoms with Crippen molar-refractivity contribution in [3.8, 4) is 40.1 Å². The normalized spacial score (nSPS) is 23.6. The predicted octanol–water partition coefficient (Wildman–Crippen LogP) is -0.781. The van der Waals surface area contributed by atoms with Crippen LogP contribution in [0.2, 0.25) is 0 Å². The average molecular weight is 522 g/mol. The fourth-order valence-corrected chi connectivity index (χ4v) is 3.75. The van der Waals surface area contributed by atoms with Gasteiger partial charge in [-0.1, -0.05) is 0 Å². The minimum absolute atomic E-state index is 0.0202. The van der Waals surface area contributed by atoms with Gasteiger partial charge in [-0.2, -0.15) is 0 Å². The second-order valence-corrected chi connectivity index (χ2v) is 8.03. The van der Waals surface area contributed by atoms with Crippen molar-refractivity contribution in [2.24, 2.45) is 0 Å². The van der Waals surface area contributed by atoms with E-state index in [-0.39, 0.29) is 41.6 Å². The van der Waals surface area contributed by atoms with Crippen molar-refractivity contribution >= 4 is 16.9 Å². The van der Waals surface area contributed by atoms with Gasteiger partial charge in [-0.3, -0.25) is 4.79 Å². The number of ether oxygens (including phenoxy) is 3. The number of hydrogen-bond acceptors (Lipinski definition) is 13. The van der Waals surface area contributed by atoms with Gasteiger partial charge >= 0.3 is 5.97 Å². The van der Waals surface area contributed by atoms with E-state index in [1.807, 2.05) is 0 Å². The number of carbonyl (C=O) groups is 1. The third-order valence-corrected chi connectivity index (χ3v) is 5.56. The maximum atomic E-state index is 12.8. The Morgan fingerprint density at radius 2 is 1.70 bits per heavy atom. The van der Waals surface area contributed by atoms with Gasteiger partial charge in [-0.05, 0) is 18.2 Å². The first-order valence-electron chi connectivity index (χ1n) is 10.7. The Labute approximate surface area is 206 Å². The van der Waals surface area contributed by atoms with Gasteiger partial charge in [0.05, 0.1) is 6.61 Å². The van der Waals surface area contributed by atoms with E-state index in [0.717, 1.165) is 18.2 Å². The quantitative estimate of drug-likeness (QED) is 0.190. The first-order valence-corrected chi connectivity index (χ1v) is 10.7. The summed E-state index contributed by atoms with van der Waals surface area (Å²) in [4.78, 5) is 24.1. The van der Waals surface area contributed by atoms with Crippen LogP contribution in [0.15, 0.2) is 39.5 Å². The number of hydrogen-bond donors (Lipinski definition) is 8. The van der Waals surface area contributed by atoms with Crippen LogP contribution in [-0.4, -0.2) is 90.7 Å². The van der Waals surface area contributed by atoms with Crippen molar-refractivity contribution in [2.45, 2.75) is 30.7 Å². The van der Waals surface area contributed by atoms with Crippen LogP contribution in [0, 0.1) is 0 Å². The summed E-state index contributed by atoms with van der Waals surface area (Å²) < 4.78 is 21.2. The maximum absolute atomic E-state index is 12.8. The second kappa shape index (κ2) is 10.1. The fourth-order valence-electron chi connectivity index (χ4n) is 3.75. The van der Waals surface area contributed by atoms with Gasteiger partial charge in [-0.25, -0.2) is 4.79 Å². The van der Waals surface area contributed by atoms with Crippen molar-refractivity contribution in [1.29, 1.82) is 0 Å². The zero-order valence-electron chi connectivity index (χ0n) is 18.7. The number of fused-ring (bicyclic) bond motifs is 1. The minimum Gasteiger partial charge on any atom is -0.507 e. The molecule has 0 amide bonds. The van der Waals surface area contributed by atoms with Gasteiger partial charge < -0.3 is 59.5 Å². The number of aliphatic hydroxyl groups excluding tert-OH is 4. The monoisotopic (exact) mass is 522 g/mol. The van der Waals surface area contributed by atoms with Crippen LogP contribution in [0.1, 0.15) is 0 Å². The van der Waals surface area contributed by atoms with Gasteiger partial charge in [0.1, 0.15) is 47.4 Å². The lowest BCUT2D eigenvalue weighted by atomic mass is 9.99. The Morgan fingerprint density at radius 1 is 0.973 bits per heavy atom. The number of aliphatic hydroxyl groups is 4. The van der Waals surface area contributed by atoms with Gasteiger partial charge in [0.15, 0.2) is 23.4 Å². The smallest absolute Gasteiger partial charge is 0.335 e. The van der Waals surface area contributed by atoms with Crippen LogP contribution >= 0.6 is 0 Å². The van der Waals surface area contributed by atoms with Crippen molar-refractivity contribution in [1.82, 2.24) is 0 Å². The molecule has 1 aromatic heterocycles. The molecule has 0 spiro atoms. The first-order chi connectivity index (χ1) is 17.5. The Hall–Kier alpha value is -4.08. The minimum atomic E-state index is -1.95. The highest BCUT2D eigenvalue weighted by Crippen LogP contribution is 2.38. The van der Waals surface area contributed by atoms with Crippen LogP contribution in [0.5, 0.6) is 28.7 Å². The molecule has 1 fully saturated rings. The lowest BCUT2D eigenvalue weighted by Crippen LogP contribution is -2.61. The summed E-state index contributed by atoms with van der Waals surface area (Å²) in [5, 5.41) is 78.5. The van der Waals surface area contributed by atoms with E-state index in [0.29, 0.717) is 0 Å². The molecule has 0 aliphatic carbocycles. The zero-order valence-corrected chi connectivity index (χ0v) is 18.7. The van der Waals surface area contributed by atoms with Crippen molar-refractivity contribution in [2.75, 3.05) is 13.2 Å². The molecule has 1 aliphatic heterocycles. The number of phenols is 2. The molecule has 2 aromatic carbocycles. The number of carboxylic acids is 1. The molecule has 2 heterocycles. The SMILES string of the molecule is O=C(O)[C@H]1O[C@@H](Oc2cc(O)c3c(=O)c(O)c(-c4ccc(OCCO)c(O)c4)oc3c2)[C@H](O)[C@@H](O)[C@@H]1O. The molecule has 3 aromatic rings. The number of rotatable bonds is 7. The van der Waals surface area contributed by atoms with Crippen molar-refractivity contribution in [3.05, 3.63) is 40.6 Å². The summed E-state index contributed by atoms with van der Waals surface area (Å²) in [5.41, 5.74) is -1.30. The molecule has 0 bridgehead atoms. The molecule has 198 valence electrons. The molecule has 0 unspecified atom stereocenters. The van der Waals surface area contributed by atoms with Gasteiger partial charge in [0, 0.05) is 17.7 Å². The lowest BCUT2D eigenvalue weighted by Gasteiger charge is -2.38. The first kappa shape index (κ1) is 26.0. The summed E-state index contributed by atoms with van der Waals surface area (Å²) in [6.07, 6.45) is -9.51. The molecule has 5 atom stereocenters. The van der Waals surface area contributed by atoms with Gasteiger partial charge in [-0.15, -0.1) is 0 Å². The van der Waals surface area contributed by atoms with Crippen LogP contribution in [0.3, 0.4) is 0 Å². The molecule has 4 rings (SSSR count). The standard InChI is InChI=1S/C23H22O14/c24-3-4-34-12-2-1-8(5-10(12)25)20-17(29)15(27)14-11(26)6-9(7-13(14)36-20)35-23-19(31)16(28)18(30)21(37-23)22(32)33/h1-2,5-7,16,18-19,21,23-26,28-31H,3-4H2,(H,32,33)/t16-,18-,19+,21-,23+/m0/s1. The Bertz CT molecular complexity index is 1380. The van der Waals surface area contributed by atoms with E-state index in [2.05, 4.69) is 0 Å². The summed E-state index contributed by atoms with van der Waals surface area (Å²) in [6, 6.07) is 5.76. The predicted molar refractivity (Wildman–Crippen MR) is 120 cm³/mol. The number of aliphatic carboxylic acids is 1. The van der Waals surface area contributed by atoms with E-state index in [4.69, 9.17) is 23.7 Å². The van der Waals surface area contributed by atoms with Crippen LogP contribution < -0.4 is 14.9 Å². The Kier molecular flexibility index (Phi) is 7.11. The molecule has 8 N–H and O–H groups in total. The van der Waals surface area contributed by atoms with Crippen molar-refractivity contribution in [3.63, 3.8) is 0 Å². The van der Waals surface area contributed by atoms with Crippen molar-refractivity contribution < 1.29 is 64.3 Å². The second-order valence-electron chi connectivity index (χ2n) is 8.03. The summed E-state index contributed by atoms with van der Waals surface area (Å²) in [5.74, 6) is -4.27. The molecule has 14 heteroatoms. The van der Waals surface area contributed by atoms with E-state index >= 15 is 0 Å². The molecule has 0 saturated carbocycles. The summed E-state index contributed by atoms with van der Waals surface area (Å²) in [7, 11) is 0. The molecule has 1 aliphatic rings. The maximum Gasteiger partial charge on any atom is 0.335 e. The zero-order chi connectivity index (χ0) is 27.0. The number of phenolic OH excluding ortho intramolecular Hbond substituents is 2. The molecule has 14 nitrogen and oxygen atoms in total. The topological polar surface area (TPSA) is 237 Å². The van der Waals surface area contributed by atoms with E-state index < -0.39 is 64.7 Å². The number of aromatic hydroxyl groups is 3. The van der Waals surface area contributed by atoms with Crippen LogP contribution in [-0.2, 0) is 9.53 Å². The highest BCUT2D eigenvalue weighted by molar-refractivity contribution is 5.88. The molecule has 0 radical (unpaired) electrons. The van der Waals surface area contributed by atoms with E-state index in [9.17, 15) is 45.3 Å². The largest absolute Gasteiger partial charge is 0.507 e. The van der Waals surface area contributed by atoms with Gasteiger partial charge in [0.25, 0.3) is 0 Å². The highest BCUT2D eigenvalue weighted by Gasteiger charge is 2.48. The van der Waals surface area contributed by atoms with Crippen LogP contribution in [0.25, 0.3) is 22.3 Å². The third-order valence-electron chi connectivity index (χ3n) is 5.56. The fraction of sp³-hybridized carbons (Fsp3) is 0.304. The van der Waals surface area contributed by atoms with E-state index in [1.165, 1.54) is 12.1 Å². The number of carboxylic acid groups (broad SMARTS) is 1. The van der Waals surface area contributed by atoms with Crippen LogP contribution in [0.4, 0.5) is 0 Å². The Morgan fingerprint density at radius 3 is 2.35 bits per heavy atom. The summed E-state index contributed by atoms with van der Waals surface area (Å²) in [6.45, 7) is -0.386.